The fourth-order valence-corrected chi connectivity index (χ4v) is 3.45. The molecule has 0 amide bonds. The first-order valence-corrected chi connectivity index (χ1v) is 11.0. The molecule has 0 unspecified atom stereocenters. The Kier molecular flexibility index (Phi) is 6.40. The van der Waals surface area contributed by atoms with E-state index in [2.05, 4.69) is 9.97 Å². The van der Waals surface area contributed by atoms with E-state index in [0.717, 1.165) is 33.8 Å². The van der Waals surface area contributed by atoms with Crippen LogP contribution >= 0.6 is 0 Å². The van der Waals surface area contributed by atoms with Gasteiger partial charge in [-0.05, 0) is 24.3 Å². The zero-order chi connectivity index (χ0) is 23.0. The molecule has 0 saturated carbocycles. The van der Waals surface area contributed by atoms with Crippen molar-refractivity contribution < 1.29 is 8.83 Å². The second-order valence-corrected chi connectivity index (χ2v) is 7.52. The van der Waals surface area contributed by atoms with E-state index in [1.807, 2.05) is 121 Å². The van der Waals surface area contributed by atoms with Crippen LogP contribution in [-0.4, -0.2) is 9.97 Å². The highest BCUT2D eigenvalue weighted by molar-refractivity contribution is 5.61. The Balaban J connectivity index is 0.000000142. The summed E-state index contributed by atoms with van der Waals surface area (Å²) in [5, 5.41) is 0. The van der Waals surface area contributed by atoms with Gasteiger partial charge in [0.2, 0.25) is 11.8 Å². The monoisotopic (exact) mass is 442 g/mol. The minimum atomic E-state index is 0.657. The summed E-state index contributed by atoms with van der Waals surface area (Å²) in [5.41, 5.74) is 4.08. The van der Waals surface area contributed by atoms with Gasteiger partial charge in [-0.2, -0.15) is 0 Å². The van der Waals surface area contributed by atoms with E-state index in [4.69, 9.17) is 8.83 Å². The van der Waals surface area contributed by atoms with Gasteiger partial charge in [0.15, 0.2) is 11.5 Å². The predicted molar refractivity (Wildman–Crippen MR) is 135 cm³/mol. The second-order valence-electron chi connectivity index (χ2n) is 7.52. The molecule has 6 rings (SSSR count). The van der Waals surface area contributed by atoms with Gasteiger partial charge < -0.3 is 8.83 Å². The van der Waals surface area contributed by atoms with Gasteiger partial charge in [-0.15, -0.1) is 0 Å². The molecular formula is C30H22N2O2. The van der Waals surface area contributed by atoms with Crippen LogP contribution in [0.5, 0.6) is 0 Å². The molecule has 4 heteroatoms. The molecule has 0 fully saturated rings. The van der Waals surface area contributed by atoms with Gasteiger partial charge in [0.05, 0.1) is 12.4 Å². The van der Waals surface area contributed by atoms with Crippen LogP contribution in [0.2, 0.25) is 0 Å². The number of hydrogen-bond acceptors (Lipinski definition) is 4. The summed E-state index contributed by atoms with van der Waals surface area (Å²) in [6.45, 7) is 0. The third-order valence-corrected chi connectivity index (χ3v) is 5.17. The van der Waals surface area contributed by atoms with E-state index in [1.54, 1.807) is 12.4 Å². The summed E-state index contributed by atoms with van der Waals surface area (Å²) in [5.74, 6) is 2.91. The molecule has 4 nitrogen and oxygen atoms in total. The number of hydrogen-bond donors (Lipinski definition) is 0. The topological polar surface area (TPSA) is 52.1 Å². The molecule has 4 aromatic carbocycles. The Morgan fingerprint density at radius 1 is 0.353 bits per heavy atom. The van der Waals surface area contributed by atoms with Crippen molar-refractivity contribution in [3.63, 3.8) is 0 Å². The summed E-state index contributed by atoms with van der Waals surface area (Å²) in [6.07, 6.45) is 3.52. The highest BCUT2D eigenvalue weighted by Gasteiger charge is 2.08. The number of rotatable bonds is 4. The van der Waals surface area contributed by atoms with Gasteiger partial charge in [-0.25, -0.2) is 9.97 Å². The van der Waals surface area contributed by atoms with Crippen molar-refractivity contribution in [1.82, 2.24) is 9.97 Å². The Labute approximate surface area is 198 Å². The lowest BCUT2D eigenvalue weighted by molar-refractivity contribution is 0.588. The third kappa shape index (κ3) is 5.03. The van der Waals surface area contributed by atoms with Gasteiger partial charge >= 0.3 is 0 Å². The Morgan fingerprint density at radius 3 is 0.971 bits per heavy atom. The molecule has 0 atom stereocenters. The predicted octanol–water partition coefficient (Wildman–Crippen LogP) is 8.02. The summed E-state index contributed by atoms with van der Waals surface area (Å²) in [7, 11) is 0. The van der Waals surface area contributed by atoms with Crippen LogP contribution in [0.25, 0.3) is 45.6 Å². The molecule has 0 aliphatic heterocycles. The maximum Gasteiger partial charge on any atom is 0.226 e. The lowest BCUT2D eigenvalue weighted by Crippen LogP contribution is -1.73. The van der Waals surface area contributed by atoms with Crippen LogP contribution in [0.1, 0.15) is 0 Å². The zero-order valence-corrected chi connectivity index (χ0v) is 18.4. The van der Waals surface area contributed by atoms with E-state index in [0.29, 0.717) is 11.8 Å². The summed E-state index contributed by atoms with van der Waals surface area (Å²) >= 11 is 0. The molecule has 164 valence electrons. The van der Waals surface area contributed by atoms with Crippen LogP contribution in [0.4, 0.5) is 0 Å². The van der Waals surface area contributed by atoms with Crippen molar-refractivity contribution in [2.75, 3.05) is 0 Å². The lowest BCUT2D eigenvalue weighted by atomic mass is 10.2. The molecule has 0 bridgehead atoms. The van der Waals surface area contributed by atoms with Crippen molar-refractivity contribution in [2.24, 2.45) is 0 Å². The Morgan fingerprint density at radius 2 is 0.647 bits per heavy atom. The van der Waals surface area contributed by atoms with E-state index in [1.165, 1.54) is 0 Å². The van der Waals surface area contributed by atoms with Gasteiger partial charge in [-0.3, -0.25) is 0 Å². The van der Waals surface area contributed by atoms with Crippen molar-refractivity contribution in [2.45, 2.75) is 0 Å². The highest BCUT2D eigenvalue weighted by Crippen LogP contribution is 2.26. The van der Waals surface area contributed by atoms with E-state index < -0.39 is 0 Å². The van der Waals surface area contributed by atoms with Crippen LogP contribution in [0.15, 0.2) is 143 Å². The molecular weight excluding hydrogens is 420 g/mol. The maximum atomic E-state index is 5.74. The molecule has 34 heavy (non-hydrogen) atoms. The van der Waals surface area contributed by atoms with E-state index >= 15 is 0 Å². The number of nitrogens with zero attached hydrogens (tertiary/aromatic N) is 2. The molecule has 2 aromatic heterocycles. The van der Waals surface area contributed by atoms with Gasteiger partial charge in [0.25, 0.3) is 0 Å². The molecule has 0 saturated heterocycles. The summed E-state index contributed by atoms with van der Waals surface area (Å²) < 4.78 is 11.5. The fourth-order valence-electron chi connectivity index (χ4n) is 3.45. The number of aromatic nitrogens is 2. The van der Waals surface area contributed by atoms with Crippen LogP contribution in [-0.2, 0) is 0 Å². The van der Waals surface area contributed by atoms with E-state index in [-0.39, 0.29) is 0 Å². The second kappa shape index (κ2) is 10.3. The molecule has 0 N–H and O–H groups in total. The van der Waals surface area contributed by atoms with Crippen LogP contribution in [0, 0.1) is 0 Å². The largest absolute Gasteiger partial charge is 0.436 e. The average molecular weight is 443 g/mol. The first-order chi connectivity index (χ1) is 16.9. The SMILES string of the molecule is c1ccc(-c2cnc(-c3ccccc3)o2)cc1.c1ccc(-c2cnc(-c3ccccc3)o2)cc1. The van der Waals surface area contributed by atoms with Crippen molar-refractivity contribution in [3.8, 4) is 45.6 Å². The lowest BCUT2D eigenvalue weighted by Gasteiger charge is -1.95. The molecule has 0 radical (unpaired) electrons. The Hall–Kier alpha value is -4.70. The first kappa shape index (κ1) is 21.2. The van der Waals surface area contributed by atoms with Gasteiger partial charge in [0, 0.05) is 22.3 Å². The van der Waals surface area contributed by atoms with Crippen molar-refractivity contribution in [1.29, 1.82) is 0 Å². The maximum absolute atomic E-state index is 5.74. The highest BCUT2D eigenvalue weighted by atomic mass is 16.4. The van der Waals surface area contributed by atoms with Gasteiger partial charge in [-0.1, -0.05) is 97.1 Å². The normalized spacial score (nSPS) is 10.4. The molecule has 6 aromatic rings. The molecule has 2 heterocycles. The quantitative estimate of drug-likeness (QED) is 0.277. The van der Waals surface area contributed by atoms with Crippen molar-refractivity contribution >= 4 is 0 Å². The molecule has 0 aliphatic rings. The third-order valence-electron chi connectivity index (χ3n) is 5.17. The minimum absolute atomic E-state index is 0.657. The summed E-state index contributed by atoms with van der Waals surface area (Å²) in [6, 6.07) is 39.7. The zero-order valence-electron chi connectivity index (χ0n) is 18.4. The first-order valence-electron chi connectivity index (χ1n) is 11.0. The molecule has 0 aliphatic carbocycles. The fraction of sp³-hybridized carbons (Fsp3) is 0. The van der Waals surface area contributed by atoms with Crippen LogP contribution in [0.3, 0.4) is 0 Å². The average Bonchev–Trinajstić information content (AvgIpc) is 3.62. The molecule has 0 spiro atoms. The van der Waals surface area contributed by atoms with E-state index in [9.17, 15) is 0 Å². The van der Waals surface area contributed by atoms with Gasteiger partial charge in [0.1, 0.15) is 0 Å². The number of oxazole rings is 2. The Bertz CT molecular complexity index is 1200. The van der Waals surface area contributed by atoms with Crippen molar-refractivity contribution in [3.05, 3.63) is 134 Å². The summed E-state index contributed by atoms with van der Waals surface area (Å²) in [4.78, 5) is 8.59. The minimum Gasteiger partial charge on any atom is -0.436 e. The van der Waals surface area contributed by atoms with Crippen LogP contribution < -0.4 is 0 Å². The number of benzene rings is 4. The standard InChI is InChI=1S/2C15H11NO/c2*1-3-7-12(8-4-1)14-11-16-15(17-14)13-9-5-2-6-10-13/h2*1-11H. The smallest absolute Gasteiger partial charge is 0.226 e.